The predicted octanol–water partition coefficient (Wildman–Crippen LogP) is 4.09. The Morgan fingerprint density at radius 2 is 1.94 bits per heavy atom. The van der Waals surface area contributed by atoms with Crippen LogP contribution in [0.5, 0.6) is 11.5 Å². The molecule has 0 radical (unpaired) electrons. The molecular weight excluding hydrogens is 248 g/mol. The Balaban J connectivity index is 2.28. The molecule has 1 aliphatic rings. The fourth-order valence-corrected chi connectivity index (χ4v) is 1.96. The number of aliphatic imine (C=N–C) groups is 1. The fourth-order valence-electron chi connectivity index (χ4n) is 1.80. The Bertz CT molecular complexity index is 701. The molecule has 4 heteroatoms. The average Bonchev–Trinajstić information content (AvgIpc) is 2.54. The fraction of sp³-hybridized carbons (Fsp3) is 0. The van der Waals surface area contributed by atoms with E-state index in [4.69, 9.17) is 16.3 Å². The average molecular weight is 255 g/mol. The molecule has 0 unspecified atom stereocenters. The van der Waals surface area contributed by atoms with Gasteiger partial charge in [0, 0.05) is 11.1 Å². The quantitative estimate of drug-likeness (QED) is 0.711. The largest absolute Gasteiger partial charge is 0.454 e. The zero-order valence-electron chi connectivity index (χ0n) is 9.22. The Kier molecular flexibility index (Phi) is 2.51. The highest BCUT2D eigenvalue weighted by molar-refractivity contribution is 6.30. The number of benzene rings is 2. The minimum atomic E-state index is 0.340. The Labute approximate surface area is 109 Å². The van der Waals surface area contributed by atoms with E-state index in [0.29, 0.717) is 33.5 Å². The van der Waals surface area contributed by atoms with E-state index < -0.39 is 0 Å². The summed E-state index contributed by atoms with van der Waals surface area (Å²) >= 11 is 5.93. The summed E-state index contributed by atoms with van der Waals surface area (Å²) < 4.78 is 5.77. The topological polar surface area (TPSA) is 45.4 Å². The second kappa shape index (κ2) is 4.17. The molecule has 2 aromatic carbocycles. The molecule has 3 rings (SSSR count). The summed E-state index contributed by atoms with van der Waals surface area (Å²) in [6.45, 7) is 0. The van der Waals surface area contributed by atoms with E-state index in [1.807, 2.05) is 18.2 Å². The summed E-state index contributed by atoms with van der Waals surface area (Å²) in [5.41, 5.74) is 1.63. The van der Waals surface area contributed by atoms with Crippen LogP contribution in [0.3, 0.4) is 0 Å². The van der Waals surface area contributed by atoms with E-state index in [2.05, 4.69) is 11.1 Å². The summed E-state index contributed by atoms with van der Waals surface area (Å²) in [4.78, 5) is 4.31. The zero-order valence-corrected chi connectivity index (χ0v) is 9.98. The first-order valence-electron chi connectivity index (χ1n) is 5.33. The summed E-state index contributed by atoms with van der Waals surface area (Å²) in [6.07, 6.45) is 0. The maximum absolute atomic E-state index is 9.18. The van der Waals surface area contributed by atoms with E-state index in [9.17, 15) is 5.26 Å². The Hall–Kier alpha value is -2.31. The summed E-state index contributed by atoms with van der Waals surface area (Å²) in [5, 5.41) is 9.75. The molecule has 1 heterocycles. The van der Waals surface area contributed by atoms with Gasteiger partial charge in [0.2, 0.25) is 0 Å². The minimum absolute atomic E-state index is 0.340. The van der Waals surface area contributed by atoms with E-state index >= 15 is 0 Å². The standard InChI is InChI=1S/C14H7ClN2O/c15-9-5-6-11-14(7-9)18-13-4-2-1-3-10(13)12(8-16)17-11/h1-7H. The third-order valence-electron chi connectivity index (χ3n) is 2.62. The molecule has 0 N–H and O–H groups in total. The summed E-state index contributed by atoms with van der Waals surface area (Å²) in [7, 11) is 0. The normalized spacial score (nSPS) is 12.3. The van der Waals surface area contributed by atoms with Gasteiger partial charge in [-0.2, -0.15) is 5.26 Å². The molecule has 1 aliphatic heterocycles. The molecule has 0 spiro atoms. The maximum Gasteiger partial charge on any atom is 0.154 e. The molecule has 0 fully saturated rings. The van der Waals surface area contributed by atoms with Crippen LogP contribution >= 0.6 is 11.6 Å². The van der Waals surface area contributed by atoms with Crippen molar-refractivity contribution in [2.24, 2.45) is 4.99 Å². The first kappa shape index (κ1) is 10.8. The van der Waals surface area contributed by atoms with Crippen LogP contribution in [0.15, 0.2) is 47.5 Å². The van der Waals surface area contributed by atoms with Gasteiger partial charge in [0.25, 0.3) is 0 Å². The van der Waals surface area contributed by atoms with Crippen molar-refractivity contribution in [1.82, 2.24) is 0 Å². The summed E-state index contributed by atoms with van der Waals surface area (Å²) in [5.74, 6) is 1.17. The van der Waals surface area contributed by atoms with Crippen molar-refractivity contribution < 1.29 is 4.74 Å². The highest BCUT2D eigenvalue weighted by Gasteiger charge is 2.17. The van der Waals surface area contributed by atoms with Gasteiger partial charge < -0.3 is 4.74 Å². The molecule has 86 valence electrons. The zero-order chi connectivity index (χ0) is 12.5. The number of fused-ring (bicyclic) bond motifs is 2. The molecule has 0 saturated heterocycles. The van der Waals surface area contributed by atoms with Crippen molar-refractivity contribution in [3.8, 4) is 17.6 Å². The third-order valence-corrected chi connectivity index (χ3v) is 2.86. The minimum Gasteiger partial charge on any atom is -0.454 e. The van der Waals surface area contributed by atoms with E-state index in [1.165, 1.54) is 0 Å². The van der Waals surface area contributed by atoms with Gasteiger partial charge in [-0.25, -0.2) is 4.99 Å². The van der Waals surface area contributed by atoms with Crippen molar-refractivity contribution >= 4 is 23.0 Å². The van der Waals surface area contributed by atoms with Gasteiger partial charge in [0.05, 0.1) is 5.56 Å². The van der Waals surface area contributed by atoms with Gasteiger partial charge in [-0.3, -0.25) is 0 Å². The number of halogens is 1. The Morgan fingerprint density at radius 3 is 2.78 bits per heavy atom. The van der Waals surface area contributed by atoms with Crippen molar-refractivity contribution in [3.05, 3.63) is 53.1 Å². The second-order valence-corrected chi connectivity index (χ2v) is 4.22. The maximum atomic E-state index is 9.18. The molecule has 0 saturated carbocycles. The highest BCUT2D eigenvalue weighted by atomic mass is 35.5. The van der Waals surface area contributed by atoms with Crippen LogP contribution in [0.1, 0.15) is 5.56 Å². The lowest BCUT2D eigenvalue weighted by Crippen LogP contribution is -1.97. The molecule has 3 nitrogen and oxygen atoms in total. The molecule has 18 heavy (non-hydrogen) atoms. The molecule has 0 aromatic heterocycles. The SMILES string of the molecule is N#CC1=Nc2ccc(Cl)cc2Oc2ccccc21. The first-order chi connectivity index (χ1) is 8.78. The van der Waals surface area contributed by atoms with Gasteiger partial charge in [0.15, 0.2) is 11.5 Å². The number of rotatable bonds is 0. The van der Waals surface area contributed by atoms with E-state index in [-0.39, 0.29) is 0 Å². The molecule has 0 amide bonds. The lowest BCUT2D eigenvalue weighted by molar-refractivity contribution is 0.485. The molecule has 0 atom stereocenters. The molecule has 0 bridgehead atoms. The number of ether oxygens (including phenoxy) is 1. The van der Waals surface area contributed by atoms with Crippen molar-refractivity contribution in [2.45, 2.75) is 0 Å². The molecule has 0 aliphatic carbocycles. The van der Waals surface area contributed by atoms with Gasteiger partial charge in [0.1, 0.15) is 17.5 Å². The molecule has 2 aromatic rings. The van der Waals surface area contributed by atoms with E-state index in [0.717, 1.165) is 0 Å². The number of hydrogen-bond acceptors (Lipinski definition) is 3. The third kappa shape index (κ3) is 1.73. The molecular formula is C14H7ClN2O. The van der Waals surface area contributed by atoms with Crippen LogP contribution in [-0.4, -0.2) is 5.71 Å². The predicted molar refractivity (Wildman–Crippen MR) is 69.8 cm³/mol. The Morgan fingerprint density at radius 1 is 1.11 bits per heavy atom. The van der Waals surface area contributed by atoms with Crippen molar-refractivity contribution in [1.29, 1.82) is 5.26 Å². The van der Waals surface area contributed by atoms with Crippen LogP contribution in [0, 0.1) is 11.3 Å². The smallest absolute Gasteiger partial charge is 0.154 e. The van der Waals surface area contributed by atoms with Crippen molar-refractivity contribution in [2.75, 3.05) is 0 Å². The number of nitrogens with zero attached hydrogens (tertiary/aromatic N) is 2. The second-order valence-electron chi connectivity index (χ2n) is 3.78. The van der Waals surface area contributed by atoms with Crippen LogP contribution in [0.2, 0.25) is 5.02 Å². The summed E-state index contributed by atoms with van der Waals surface area (Å²) in [6, 6.07) is 14.6. The van der Waals surface area contributed by atoms with Gasteiger partial charge in [-0.1, -0.05) is 23.7 Å². The first-order valence-corrected chi connectivity index (χ1v) is 5.71. The van der Waals surface area contributed by atoms with Gasteiger partial charge >= 0.3 is 0 Å². The number of hydrogen-bond donors (Lipinski definition) is 0. The lowest BCUT2D eigenvalue weighted by Gasteiger charge is -2.07. The van der Waals surface area contributed by atoms with Gasteiger partial charge in [-0.15, -0.1) is 0 Å². The van der Waals surface area contributed by atoms with Crippen molar-refractivity contribution in [3.63, 3.8) is 0 Å². The van der Waals surface area contributed by atoms with Crippen LogP contribution in [-0.2, 0) is 0 Å². The number of nitriles is 1. The highest BCUT2D eigenvalue weighted by Crippen LogP contribution is 2.38. The van der Waals surface area contributed by atoms with Crippen LogP contribution in [0.4, 0.5) is 5.69 Å². The van der Waals surface area contributed by atoms with Gasteiger partial charge in [-0.05, 0) is 24.3 Å². The van der Waals surface area contributed by atoms with Crippen LogP contribution < -0.4 is 4.74 Å². The van der Waals surface area contributed by atoms with Crippen LogP contribution in [0.25, 0.3) is 0 Å². The monoisotopic (exact) mass is 254 g/mol. The number of para-hydroxylation sites is 1. The lowest BCUT2D eigenvalue weighted by atomic mass is 10.1. The van der Waals surface area contributed by atoms with E-state index in [1.54, 1.807) is 24.3 Å².